The van der Waals surface area contributed by atoms with Gasteiger partial charge in [-0.3, -0.25) is 0 Å². The third kappa shape index (κ3) is 4.24. The van der Waals surface area contributed by atoms with E-state index in [-0.39, 0.29) is 18.6 Å². The summed E-state index contributed by atoms with van der Waals surface area (Å²) in [6.45, 7) is 1.85. The molecule has 1 heterocycles. The summed E-state index contributed by atoms with van der Waals surface area (Å²) in [5.41, 5.74) is 0.540. The van der Waals surface area contributed by atoms with Crippen LogP contribution in [0.3, 0.4) is 0 Å². The Bertz CT molecular complexity index is 464. The summed E-state index contributed by atoms with van der Waals surface area (Å²) in [5, 5.41) is 12.9. The van der Waals surface area contributed by atoms with E-state index in [1.54, 1.807) is 23.1 Å². The minimum atomic E-state index is -0.257. The molecule has 2 amide bonds. The number of aliphatic hydroxyl groups excluding tert-OH is 1. The molecule has 1 aliphatic heterocycles. The highest BCUT2D eigenvalue weighted by atomic mass is 35.5. The van der Waals surface area contributed by atoms with E-state index < -0.39 is 0 Å². The number of carbonyl (C=O) groups is 1. The second kappa shape index (κ2) is 7.13. The van der Waals surface area contributed by atoms with Gasteiger partial charge in [0.05, 0.1) is 13.2 Å². The van der Waals surface area contributed by atoms with Crippen LogP contribution in [0.15, 0.2) is 18.2 Å². The Morgan fingerprint density at radius 2 is 2.10 bits per heavy atom. The molecule has 1 aliphatic rings. The number of carbonyl (C=O) groups excluding carboxylic acids is 1. The predicted octanol–water partition coefficient (Wildman–Crippen LogP) is 2.47. The Hall–Kier alpha value is -1.01. The zero-order valence-corrected chi connectivity index (χ0v) is 12.3. The van der Waals surface area contributed by atoms with Gasteiger partial charge >= 0.3 is 6.03 Å². The predicted molar refractivity (Wildman–Crippen MR) is 78.4 cm³/mol. The van der Waals surface area contributed by atoms with E-state index in [0.717, 1.165) is 0 Å². The van der Waals surface area contributed by atoms with Gasteiger partial charge in [-0.25, -0.2) is 4.79 Å². The Morgan fingerprint density at radius 1 is 1.40 bits per heavy atom. The van der Waals surface area contributed by atoms with Gasteiger partial charge in [0.1, 0.15) is 0 Å². The molecule has 1 atom stereocenters. The number of hydrogen-bond acceptors (Lipinski definition) is 3. The maximum absolute atomic E-state index is 12.2. The molecule has 0 bridgehead atoms. The largest absolute Gasteiger partial charge is 0.396 e. The topological polar surface area (TPSA) is 61.8 Å². The lowest BCUT2D eigenvalue weighted by Gasteiger charge is -2.23. The van der Waals surface area contributed by atoms with Crippen LogP contribution >= 0.6 is 23.2 Å². The number of amides is 2. The molecule has 1 saturated heterocycles. The highest BCUT2D eigenvalue weighted by Gasteiger charge is 2.22. The molecule has 20 heavy (non-hydrogen) atoms. The number of nitrogens with zero attached hydrogens (tertiary/aromatic N) is 1. The van der Waals surface area contributed by atoms with E-state index >= 15 is 0 Å². The third-order valence-corrected chi connectivity index (χ3v) is 3.43. The molecule has 2 rings (SSSR count). The van der Waals surface area contributed by atoms with E-state index in [9.17, 15) is 9.90 Å². The summed E-state index contributed by atoms with van der Waals surface area (Å²) >= 11 is 11.8. The molecule has 1 fully saturated rings. The first kappa shape index (κ1) is 15.4. The average Bonchev–Trinajstić information content (AvgIpc) is 2.62. The number of hydrogen-bond donors (Lipinski definition) is 2. The van der Waals surface area contributed by atoms with Crippen molar-refractivity contribution in [3.63, 3.8) is 0 Å². The summed E-state index contributed by atoms with van der Waals surface area (Å²) in [6, 6.07) is 4.60. The van der Waals surface area contributed by atoms with Crippen LogP contribution in [0.2, 0.25) is 10.0 Å². The summed E-state index contributed by atoms with van der Waals surface area (Å²) in [5.74, 6) is -0.0637. The molecule has 0 radical (unpaired) electrons. The lowest BCUT2D eigenvalue weighted by molar-refractivity contribution is 0.0958. The molecule has 7 heteroatoms. The second-order valence-corrected chi connectivity index (χ2v) is 5.53. The van der Waals surface area contributed by atoms with Gasteiger partial charge in [0.2, 0.25) is 0 Å². The van der Waals surface area contributed by atoms with Gasteiger partial charge in [-0.15, -0.1) is 0 Å². The van der Waals surface area contributed by atoms with Crippen molar-refractivity contribution in [3.05, 3.63) is 28.2 Å². The van der Waals surface area contributed by atoms with E-state index in [0.29, 0.717) is 42.0 Å². The first-order valence-electron chi connectivity index (χ1n) is 6.29. The minimum absolute atomic E-state index is 0.00717. The van der Waals surface area contributed by atoms with Crippen LogP contribution in [0.5, 0.6) is 0 Å². The zero-order valence-electron chi connectivity index (χ0n) is 10.8. The molecule has 0 saturated carbocycles. The Labute approximate surface area is 127 Å². The average molecular weight is 319 g/mol. The molecule has 2 N–H and O–H groups in total. The monoisotopic (exact) mass is 318 g/mol. The molecule has 0 aliphatic carbocycles. The minimum Gasteiger partial charge on any atom is -0.396 e. The lowest BCUT2D eigenvalue weighted by atomic mass is 10.2. The molecule has 0 spiro atoms. The molecular weight excluding hydrogens is 303 g/mol. The first-order valence-corrected chi connectivity index (χ1v) is 7.04. The smallest absolute Gasteiger partial charge is 0.321 e. The summed E-state index contributed by atoms with van der Waals surface area (Å²) in [6.07, 6.45) is 0. The Kier molecular flexibility index (Phi) is 5.48. The molecule has 1 unspecified atom stereocenters. The number of nitrogens with one attached hydrogen (secondary N) is 1. The number of urea groups is 1. The maximum atomic E-state index is 12.2. The second-order valence-electron chi connectivity index (χ2n) is 4.66. The number of aliphatic hydroxyl groups is 1. The molecule has 110 valence electrons. The first-order chi connectivity index (χ1) is 9.58. The van der Waals surface area contributed by atoms with Crippen LogP contribution in [0.4, 0.5) is 10.5 Å². The van der Waals surface area contributed by atoms with Crippen LogP contribution < -0.4 is 5.32 Å². The van der Waals surface area contributed by atoms with Crippen LogP contribution in [-0.2, 0) is 4.74 Å². The Balaban J connectivity index is 2.02. The van der Waals surface area contributed by atoms with Gasteiger partial charge in [-0.05, 0) is 18.2 Å². The van der Waals surface area contributed by atoms with E-state index in [4.69, 9.17) is 27.9 Å². The van der Waals surface area contributed by atoms with Crippen LogP contribution in [-0.4, -0.2) is 48.9 Å². The molecule has 1 aromatic rings. The van der Waals surface area contributed by atoms with Gasteiger partial charge in [0.25, 0.3) is 0 Å². The number of halogens is 2. The van der Waals surface area contributed by atoms with Crippen LogP contribution in [0.25, 0.3) is 0 Å². The van der Waals surface area contributed by atoms with Gasteiger partial charge in [0.15, 0.2) is 0 Å². The van der Waals surface area contributed by atoms with Crippen molar-refractivity contribution in [2.75, 3.05) is 38.2 Å². The van der Waals surface area contributed by atoms with Crippen molar-refractivity contribution >= 4 is 34.9 Å². The molecular formula is C13H16Cl2N2O3. The molecule has 0 aromatic heterocycles. The third-order valence-electron chi connectivity index (χ3n) is 3.00. The fourth-order valence-corrected chi connectivity index (χ4v) is 2.53. The standard InChI is InChI=1S/C13H16Cl2N2O3/c14-10-3-11(15)5-12(4-10)16-13(19)17-1-2-20-8-9(6-17)7-18/h3-5,9,18H,1-2,6-8H2,(H,16,19). The van der Waals surface area contributed by atoms with Gasteiger partial charge < -0.3 is 20.1 Å². The van der Waals surface area contributed by atoms with Crippen LogP contribution in [0, 0.1) is 5.92 Å². The van der Waals surface area contributed by atoms with Crippen molar-refractivity contribution in [3.8, 4) is 0 Å². The SMILES string of the molecule is O=C(Nc1cc(Cl)cc(Cl)c1)N1CCOCC(CO)C1. The lowest BCUT2D eigenvalue weighted by Crippen LogP contribution is -2.39. The molecule has 1 aromatic carbocycles. The van der Waals surface area contributed by atoms with Crippen molar-refractivity contribution in [1.29, 1.82) is 0 Å². The fourth-order valence-electron chi connectivity index (χ4n) is 2.00. The number of rotatable bonds is 2. The van der Waals surface area contributed by atoms with Crippen molar-refractivity contribution in [2.24, 2.45) is 5.92 Å². The van der Waals surface area contributed by atoms with Crippen LogP contribution in [0.1, 0.15) is 0 Å². The van der Waals surface area contributed by atoms with Gasteiger partial charge in [-0.1, -0.05) is 23.2 Å². The van der Waals surface area contributed by atoms with Gasteiger partial charge in [0, 0.05) is 41.3 Å². The number of benzene rings is 1. The van der Waals surface area contributed by atoms with E-state index in [2.05, 4.69) is 5.32 Å². The quantitative estimate of drug-likeness (QED) is 0.880. The Morgan fingerprint density at radius 3 is 2.75 bits per heavy atom. The number of anilines is 1. The highest BCUT2D eigenvalue weighted by molar-refractivity contribution is 6.35. The highest BCUT2D eigenvalue weighted by Crippen LogP contribution is 2.22. The summed E-state index contributed by atoms with van der Waals surface area (Å²) in [7, 11) is 0. The van der Waals surface area contributed by atoms with Crippen molar-refractivity contribution < 1.29 is 14.6 Å². The van der Waals surface area contributed by atoms with Gasteiger partial charge in [-0.2, -0.15) is 0 Å². The van der Waals surface area contributed by atoms with Crippen molar-refractivity contribution in [1.82, 2.24) is 4.90 Å². The zero-order chi connectivity index (χ0) is 14.5. The normalized spacial score (nSPS) is 19.6. The van der Waals surface area contributed by atoms with Crippen molar-refractivity contribution in [2.45, 2.75) is 0 Å². The summed E-state index contributed by atoms with van der Waals surface area (Å²) < 4.78 is 5.34. The van der Waals surface area contributed by atoms with E-state index in [1.165, 1.54) is 0 Å². The van der Waals surface area contributed by atoms with E-state index in [1.807, 2.05) is 0 Å². The fraction of sp³-hybridized carbons (Fsp3) is 0.462. The summed E-state index contributed by atoms with van der Waals surface area (Å²) in [4.78, 5) is 13.8. The number of ether oxygens (including phenoxy) is 1. The maximum Gasteiger partial charge on any atom is 0.321 e. The molecule has 5 nitrogen and oxygen atoms in total.